The molecule has 0 spiro atoms. The molecule has 0 radical (unpaired) electrons. The van der Waals surface area contributed by atoms with E-state index >= 15 is 0 Å². The molecule has 3 aromatic carbocycles. The Balaban J connectivity index is 1.83. The number of ether oxygens (including phenoxy) is 1. The summed E-state index contributed by atoms with van der Waals surface area (Å²) in [6.07, 6.45) is 0.367. The number of carbonyl (C=O) groups excluding carboxylic acids is 1. The first-order valence-electron chi connectivity index (χ1n) is 8.30. The number of hydrogen-bond donors (Lipinski definition) is 1. The van der Waals surface area contributed by atoms with E-state index in [1.165, 1.54) is 0 Å². The van der Waals surface area contributed by atoms with Crippen LogP contribution < -0.4 is 10.1 Å². The van der Waals surface area contributed by atoms with E-state index in [1.807, 2.05) is 78.9 Å². The zero-order chi connectivity index (χ0) is 17.5. The molecule has 1 N–H and O–H groups in total. The van der Waals surface area contributed by atoms with Crippen molar-refractivity contribution in [3.63, 3.8) is 0 Å². The molecule has 1 unspecified atom stereocenters. The second-order valence-corrected chi connectivity index (χ2v) is 5.83. The molecule has 126 valence electrons. The SMILES string of the molecule is COc1cccc(C(=O)CC(Nc2ccccc2)c2ccccc2)c1. The van der Waals surface area contributed by atoms with Crippen LogP contribution in [0, 0.1) is 0 Å². The summed E-state index contributed by atoms with van der Waals surface area (Å²) >= 11 is 0. The number of Topliss-reactive ketones (excluding diaryl/α,β-unsaturated/α-hetero) is 1. The molecule has 0 amide bonds. The molecule has 3 rings (SSSR count). The number of rotatable bonds is 7. The largest absolute Gasteiger partial charge is 0.497 e. The molecule has 0 aliphatic rings. The van der Waals surface area contributed by atoms with Gasteiger partial charge in [-0.05, 0) is 29.8 Å². The van der Waals surface area contributed by atoms with Crippen LogP contribution in [-0.2, 0) is 0 Å². The molecule has 0 saturated heterocycles. The smallest absolute Gasteiger partial charge is 0.165 e. The predicted octanol–water partition coefficient (Wildman–Crippen LogP) is 5.12. The van der Waals surface area contributed by atoms with Crippen LogP contribution in [0.1, 0.15) is 28.4 Å². The van der Waals surface area contributed by atoms with Gasteiger partial charge in [0.25, 0.3) is 0 Å². The van der Waals surface area contributed by atoms with Crippen molar-refractivity contribution in [3.8, 4) is 5.75 Å². The van der Waals surface area contributed by atoms with Gasteiger partial charge in [-0.25, -0.2) is 0 Å². The fourth-order valence-electron chi connectivity index (χ4n) is 2.77. The van der Waals surface area contributed by atoms with Gasteiger partial charge in [-0.2, -0.15) is 0 Å². The molecule has 0 bridgehead atoms. The van der Waals surface area contributed by atoms with Gasteiger partial charge >= 0.3 is 0 Å². The maximum Gasteiger partial charge on any atom is 0.165 e. The third-order valence-electron chi connectivity index (χ3n) is 4.10. The lowest BCUT2D eigenvalue weighted by molar-refractivity contribution is 0.0976. The van der Waals surface area contributed by atoms with Crippen LogP contribution in [0.3, 0.4) is 0 Å². The van der Waals surface area contributed by atoms with Crippen molar-refractivity contribution >= 4 is 11.5 Å². The van der Waals surface area contributed by atoms with Crippen molar-refractivity contribution in [2.75, 3.05) is 12.4 Å². The van der Waals surface area contributed by atoms with E-state index in [0.29, 0.717) is 17.7 Å². The Labute approximate surface area is 148 Å². The predicted molar refractivity (Wildman–Crippen MR) is 101 cm³/mol. The Morgan fingerprint density at radius 1 is 0.920 bits per heavy atom. The summed E-state index contributed by atoms with van der Waals surface area (Å²) in [6, 6.07) is 27.2. The highest BCUT2D eigenvalue weighted by atomic mass is 16.5. The minimum atomic E-state index is -0.0951. The lowest BCUT2D eigenvalue weighted by Gasteiger charge is -2.20. The van der Waals surface area contributed by atoms with Crippen molar-refractivity contribution in [2.24, 2.45) is 0 Å². The molecule has 0 aliphatic carbocycles. The second kappa shape index (κ2) is 8.15. The zero-order valence-corrected chi connectivity index (χ0v) is 14.2. The summed E-state index contributed by atoms with van der Waals surface area (Å²) in [7, 11) is 1.60. The van der Waals surface area contributed by atoms with Gasteiger partial charge in [-0.15, -0.1) is 0 Å². The lowest BCUT2D eigenvalue weighted by Crippen LogP contribution is -2.15. The normalized spacial score (nSPS) is 11.6. The average molecular weight is 331 g/mol. The van der Waals surface area contributed by atoms with Gasteiger partial charge < -0.3 is 10.1 Å². The van der Waals surface area contributed by atoms with Gasteiger partial charge in [0.2, 0.25) is 0 Å². The number of anilines is 1. The molecule has 0 aromatic heterocycles. The summed E-state index contributed by atoms with van der Waals surface area (Å²) in [4.78, 5) is 12.8. The number of para-hydroxylation sites is 1. The number of carbonyl (C=O) groups is 1. The molecular formula is C22H21NO2. The highest BCUT2D eigenvalue weighted by molar-refractivity contribution is 5.97. The van der Waals surface area contributed by atoms with Crippen molar-refractivity contribution in [2.45, 2.75) is 12.5 Å². The topological polar surface area (TPSA) is 38.3 Å². The number of benzene rings is 3. The number of methoxy groups -OCH3 is 1. The van der Waals surface area contributed by atoms with Crippen LogP contribution >= 0.6 is 0 Å². The van der Waals surface area contributed by atoms with E-state index in [0.717, 1.165) is 11.3 Å². The Bertz CT molecular complexity index is 816. The van der Waals surface area contributed by atoms with Crippen molar-refractivity contribution < 1.29 is 9.53 Å². The highest BCUT2D eigenvalue weighted by Crippen LogP contribution is 2.25. The Morgan fingerprint density at radius 3 is 2.28 bits per heavy atom. The van der Waals surface area contributed by atoms with E-state index in [2.05, 4.69) is 5.32 Å². The first-order valence-corrected chi connectivity index (χ1v) is 8.30. The van der Waals surface area contributed by atoms with Crippen molar-refractivity contribution in [3.05, 3.63) is 96.1 Å². The van der Waals surface area contributed by atoms with Gasteiger partial charge in [0.05, 0.1) is 13.2 Å². The monoisotopic (exact) mass is 331 g/mol. The van der Waals surface area contributed by atoms with Crippen LogP contribution in [-0.4, -0.2) is 12.9 Å². The molecule has 25 heavy (non-hydrogen) atoms. The second-order valence-electron chi connectivity index (χ2n) is 5.83. The molecule has 3 nitrogen and oxygen atoms in total. The molecule has 0 saturated carbocycles. The summed E-state index contributed by atoms with van der Waals surface area (Å²) in [5, 5.41) is 3.47. The van der Waals surface area contributed by atoms with E-state index in [4.69, 9.17) is 4.74 Å². The van der Waals surface area contributed by atoms with E-state index in [9.17, 15) is 4.79 Å². The van der Waals surface area contributed by atoms with Crippen molar-refractivity contribution in [1.29, 1.82) is 0 Å². The number of hydrogen-bond acceptors (Lipinski definition) is 3. The van der Waals surface area contributed by atoms with Crippen LogP contribution in [0.5, 0.6) is 5.75 Å². The minimum Gasteiger partial charge on any atom is -0.497 e. The van der Waals surface area contributed by atoms with Crippen molar-refractivity contribution in [1.82, 2.24) is 0 Å². The summed E-state index contributed by atoms with van der Waals surface area (Å²) in [5.41, 5.74) is 2.74. The van der Waals surface area contributed by atoms with Crippen LogP contribution in [0.2, 0.25) is 0 Å². The summed E-state index contributed by atoms with van der Waals surface area (Å²) < 4.78 is 5.22. The van der Waals surface area contributed by atoms with Gasteiger partial charge in [0.1, 0.15) is 5.75 Å². The number of ketones is 1. The standard InChI is InChI=1S/C22H21NO2/c1-25-20-14-8-11-18(15-20)22(24)16-21(17-9-4-2-5-10-17)23-19-12-6-3-7-13-19/h2-15,21,23H,16H2,1H3. The molecule has 0 heterocycles. The molecular weight excluding hydrogens is 310 g/mol. The Hall–Kier alpha value is -3.07. The zero-order valence-electron chi connectivity index (χ0n) is 14.2. The molecule has 3 aromatic rings. The minimum absolute atomic E-state index is 0.0798. The molecule has 1 atom stereocenters. The number of nitrogens with one attached hydrogen (secondary N) is 1. The fraction of sp³-hybridized carbons (Fsp3) is 0.136. The van der Waals surface area contributed by atoms with Crippen LogP contribution in [0.15, 0.2) is 84.9 Å². The van der Waals surface area contributed by atoms with E-state index in [1.54, 1.807) is 13.2 Å². The average Bonchev–Trinajstić information content (AvgIpc) is 2.69. The highest BCUT2D eigenvalue weighted by Gasteiger charge is 2.17. The first kappa shape index (κ1) is 16.8. The van der Waals surface area contributed by atoms with Gasteiger partial charge in [-0.3, -0.25) is 4.79 Å². The maximum atomic E-state index is 12.8. The third-order valence-corrected chi connectivity index (χ3v) is 4.10. The lowest BCUT2D eigenvalue weighted by atomic mass is 9.97. The fourth-order valence-corrected chi connectivity index (χ4v) is 2.77. The summed E-state index contributed by atoms with van der Waals surface area (Å²) in [6.45, 7) is 0. The quantitative estimate of drug-likeness (QED) is 0.611. The van der Waals surface area contributed by atoms with Gasteiger partial charge in [-0.1, -0.05) is 60.7 Å². The molecule has 3 heteroatoms. The Morgan fingerprint density at radius 2 is 1.60 bits per heavy atom. The van der Waals surface area contributed by atoms with Crippen LogP contribution in [0.25, 0.3) is 0 Å². The molecule has 0 fully saturated rings. The van der Waals surface area contributed by atoms with Gasteiger partial charge in [0.15, 0.2) is 5.78 Å². The van der Waals surface area contributed by atoms with E-state index in [-0.39, 0.29) is 11.8 Å². The summed E-state index contributed by atoms with van der Waals surface area (Å²) in [5.74, 6) is 0.773. The van der Waals surface area contributed by atoms with Gasteiger partial charge in [0, 0.05) is 17.7 Å². The third kappa shape index (κ3) is 4.48. The Kier molecular flexibility index (Phi) is 5.47. The van der Waals surface area contributed by atoms with E-state index < -0.39 is 0 Å². The molecule has 0 aliphatic heterocycles. The first-order chi connectivity index (χ1) is 12.3. The van der Waals surface area contributed by atoms with Crippen LogP contribution in [0.4, 0.5) is 5.69 Å². The maximum absolute atomic E-state index is 12.8.